The van der Waals surface area contributed by atoms with E-state index in [-0.39, 0.29) is 11.9 Å². The van der Waals surface area contributed by atoms with Crippen molar-refractivity contribution in [1.29, 1.82) is 0 Å². The normalized spacial score (nSPS) is 21.1. The average Bonchev–Trinajstić information content (AvgIpc) is 2.84. The van der Waals surface area contributed by atoms with Gasteiger partial charge in [0.15, 0.2) is 0 Å². The number of hydrogen-bond donors (Lipinski definition) is 1. The summed E-state index contributed by atoms with van der Waals surface area (Å²) in [4.78, 5) is 24.3. The Bertz CT molecular complexity index is 553. The molecule has 21 heavy (non-hydrogen) atoms. The highest BCUT2D eigenvalue weighted by Gasteiger charge is 2.40. The zero-order chi connectivity index (χ0) is 15.4. The third-order valence-electron chi connectivity index (χ3n) is 3.54. The average molecular weight is 308 g/mol. The molecule has 1 aromatic carbocycles. The van der Waals surface area contributed by atoms with Crippen molar-refractivity contribution in [2.75, 3.05) is 11.9 Å². The Hall–Kier alpha value is -1.81. The van der Waals surface area contributed by atoms with Crippen LogP contribution in [0.4, 0.5) is 5.69 Å². The number of benzene rings is 1. The van der Waals surface area contributed by atoms with Crippen LogP contribution in [0.2, 0.25) is 5.02 Å². The van der Waals surface area contributed by atoms with E-state index in [1.807, 2.05) is 0 Å². The lowest BCUT2D eigenvalue weighted by Crippen LogP contribution is -2.31. The van der Waals surface area contributed by atoms with Gasteiger partial charge in [-0.05, 0) is 44.0 Å². The molecule has 0 heterocycles. The summed E-state index contributed by atoms with van der Waals surface area (Å²) >= 11 is 5.81. The largest absolute Gasteiger partial charge is 0.466 e. The van der Waals surface area contributed by atoms with Gasteiger partial charge in [0, 0.05) is 10.7 Å². The second kappa shape index (κ2) is 6.76. The molecule has 1 saturated carbocycles. The van der Waals surface area contributed by atoms with Gasteiger partial charge in [-0.3, -0.25) is 9.59 Å². The molecule has 2 atom stereocenters. The van der Waals surface area contributed by atoms with Crippen molar-refractivity contribution in [3.8, 4) is 0 Å². The molecule has 0 bridgehead atoms. The van der Waals surface area contributed by atoms with E-state index in [1.54, 1.807) is 31.2 Å². The van der Waals surface area contributed by atoms with Crippen molar-refractivity contribution >= 4 is 29.2 Å². The molecule has 2 rings (SSSR count). The van der Waals surface area contributed by atoms with Gasteiger partial charge in [-0.2, -0.15) is 0 Å². The van der Waals surface area contributed by atoms with E-state index in [9.17, 15) is 9.59 Å². The smallest absolute Gasteiger partial charge is 0.310 e. The van der Waals surface area contributed by atoms with Crippen LogP contribution in [0, 0.1) is 11.8 Å². The zero-order valence-corrected chi connectivity index (χ0v) is 12.7. The van der Waals surface area contributed by atoms with Crippen LogP contribution in [0.1, 0.15) is 19.8 Å². The predicted octanol–water partition coefficient (Wildman–Crippen LogP) is 3.42. The van der Waals surface area contributed by atoms with E-state index in [0.717, 1.165) is 5.57 Å². The number of amides is 1. The molecule has 1 aromatic rings. The summed E-state index contributed by atoms with van der Waals surface area (Å²) in [6.07, 6.45) is 1.03. The molecule has 0 aromatic heterocycles. The standard InChI is InChI=1S/C16H18ClNO3/c1-3-21-16(20)14-9-10(2)8-13(14)15(19)18-12-6-4-11(17)5-7-12/h4-7,13-14H,2-3,8-9H2,1H3,(H,18,19)/t13-,14-/m0/s1. The predicted molar refractivity (Wildman–Crippen MR) is 82.1 cm³/mol. The topological polar surface area (TPSA) is 55.4 Å². The molecule has 0 spiro atoms. The number of nitrogens with one attached hydrogen (secondary N) is 1. The molecular weight excluding hydrogens is 290 g/mol. The van der Waals surface area contributed by atoms with E-state index >= 15 is 0 Å². The van der Waals surface area contributed by atoms with Crippen LogP contribution in [0.3, 0.4) is 0 Å². The molecule has 112 valence electrons. The molecule has 1 aliphatic carbocycles. The Labute approximate surface area is 129 Å². The Kier molecular flexibility index (Phi) is 5.02. The highest BCUT2D eigenvalue weighted by Crippen LogP contribution is 2.36. The maximum Gasteiger partial charge on any atom is 0.310 e. The van der Waals surface area contributed by atoms with Crippen molar-refractivity contribution in [3.05, 3.63) is 41.4 Å². The Morgan fingerprint density at radius 1 is 1.29 bits per heavy atom. The van der Waals surface area contributed by atoms with Crippen LogP contribution in [-0.4, -0.2) is 18.5 Å². The number of esters is 1. The summed E-state index contributed by atoms with van der Waals surface area (Å²) in [5, 5.41) is 3.42. The fourth-order valence-electron chi connectivity index (χ4n) is 2.53. The van der Waals surface area contributed by atoms with Crippen molar-refractivity contribution < 1.29 is 14.3 Å². The van der Waals surface area contributed by atoms with Gasteiger partial charge in [0.05, 0.1) is 18.4 Å². The van der Waals surface area contributed by atoms with Gasteiger partial charge in [-0.1, -0.05) is 23.8 Å². The molecule has 0 saturated heterocycles. The van der Waals surface area contributed by atoms with Gasteiger partial charge in [0.2, 0.25) is 5.91 Å². The van der Waals surface area contributed by atoms with Gasteiger partial charge in [0.1, 0.15) is 0 Å². The first kappa shape index (κ1) is 15.6. The van der Waals surface area contributed by atoms with E-state index in [1.165, 1.54) is 0 Å². The number of ether oxygens (including phenoxy) is 1. The molecule has 0 unspecified atom stereocenters. The summed E-state index contributed by atoms with van der Waals surface area (Å²) in [6.45, 7) is 5.96. The number of rotatable bonds is 4. The van der Waals surface area contributed by atoms with Crippen LogP contribution < -0.4 is 5.32 Å². The number of halogens is 1. The summed E-state index contributed by atoms with van der Waals surface area (Å²) in [7, 11) is 0. The molecule has 0 radical (unpaired) electrons. The van der Waals surface area contributed by atoms with Crippen molar-refractivity contribution in [1.82, 2.24) is 0 Å². The lowest BCUT2D eigenvalue weighted by atomic mass is 9.95. The van der Waals surface area contributed by atoms with Crippen LogP contribution in [0.15, 0.2) is 36.4 Å². The first-order valence-electron chi connectivity index (χ1n) is 6.91. The number of allylic oxidation sites excluding steroid dienone is 1. The lowest BCUT2D eigenvalue weighted by Gasteiger charge is -2.17. The van der Waals surface area contributed by atoms with Gasteiger partial charge in [-0.25, -0.2) is 0 Å². The van der Waals surface area contributed by atoms with Crippen LogP contribution in [-0.2, 0) is 14.3 Å². The third kappa shape index (κ3) is 3.85. The molecule has 1 fully saturated rings. The fraction of sp³-hybridized carbons (Fsp3) is 0.375. The zero-order valence-electron chi connectivity index (χ0n) is 11.9. The highest BCUT2D eigenvalue weighted by molar-refractivity contribution is 6.30. The summed E-state index contributed by atoms with van der Waals surface area (Å²) < 4.78 is 5.04. The van der Waals surface area contributed by atoms with Gasteiger partial charge in [-0.15, -0.1) is 0 Å². The minimum absolute atomic E-state index is 0.186. The Morgan fingerprint density at radius 3 is 2.52 bits per heavy atom. The second-order valence-electron chi connectivity index (χ2n) is 5.12. The third-order valence-corrected chi connectivity index (χ3v) is 3.79. The maximum atomic E-state index is 12.4. The van der Waals surface area contributed by atoms with Crippen molar-refractivity contribution in [3.63, 3.8) is 0 Å². The first-order valence-corrected chi connectivity index (χ1v) is 7.28. The van der Waals surface area contributed by atoms with E-state index < -0.39 is 11.8 Å². The minimum atomic E-state index is -0.440. The van der Waals surface area contributed by atoms with Gasteiger partial charge < -0.3 is 10.1 Å². The lowest BCUT2D eigenvalue weighted by molar-refractivity contribution is -0.150. The quantitative estimate of drug-likeness (QED) is 0.685. The molecule has 4 nitrogen and oxygen atoms in total. The minimum Gasteiger partial charge on any atom is -0.466 e. The monoisotopic (exact) mass is 307 g/mol. The highest BCUT2D eigenvalue weighted by atomic mass is 35.5. The summed E-state index contributed by atoms with van der Waals surface area (Å²) in [6, 6.07) is 6.86. The van der Waals surface area contributed by atoms with Crippen molar-refractivity contribution in [2.45, 2.75) is 19.8 Å². The maximum absolute atomic E-state index is 12.4. The molecule has 1 amide bonds. The number of carbonyl (C=O) groups is 2. The van der Waals surface area contributed by atoms with Crippen LogP contribution in [0.25, 0.3) is 0 Å². The molecule has 0 aliphatic heterocycles. The van der Waals surface area contributed by atoms with Crippen LogP contribution in [0.5, 0.6) is 0 Å². The number of hydrogen-bond acceptors (Lipinski definition) is 3. The van der Waals surface area contributed by atoms with E-state index in [0.29, 0.717) is 30.2 Å². The Morgan fingerprint density at radius 2 is 1.90 bits per heavy atom. The molecule has 1 N–H and O–H groups in total. The van der Waals surface area contributed by atoms with E-state index in [2.05, 4.69) is 11.9 Å². The van der Waals surface area contributed by atoms with Gasteiger partial charge >= 0.3 is 5.97 Å². The van der Waals surface area contributed by atoms with E-state index in [4.69, 9.17) is 16.3 Å². The Balaban J connectivity index is 2.07. The molecular formula is C16H18ClNO3. The number of anilines is 1. The van der Waals surface area contributed by atoms with Crippen molar-refractivity contribution in [2.24, 2.45) is 11.8 Å². The summed E-state index contributed by atoms with van der Waals surface area (Å²) in [5.74, 6) is -1.38. The number of carbonyl (C=O) groups excluding carboxylic acids is 2. The second-order valence-corrected chi connectivity index (χ2v) is 5.56. The summed E-state index contributed by atoms with van der Waals surface area (Å²) in [5.41, 5.74) is 1.56. The van der Waals surface area contributed by atoms with Crippen LogP contribution >= 0.6 is 11.6 Å². The SMILES string of the molecule is C=C1C[C@H](C(=O)Nc2ccc(Cl)cc2)[C@@H](C(=O)OCC)C1. The van der Waals surface area contributed by atoms with Gasteiger partial charge in [0.25, 0.3) is 0 Å². The molecule has 1 aliphatic rings. The fourth-order valence-corrected chi connectivity index (χ4v) is 2.66. The first-order chi connectivity index (χ1) is 10.0. The molecule has 5 heteroatoms.